The lowest BCUT2D eigenvalue weighted by molar-refractivity contribution is 0.370. The molecule has 168 valence electrons. The van der Waals surface area contributed by atoms with E-state index in [-0.39, 0.29) is 12.3 Å². The highest BCUT2D eigenvalue weighted by Gasteiger charge is 2.30. The van der Waals surface area contributed by atoms with Gasteiger partial charge in [-0.25, -0.2) is 13.4 Å². The van der Waals surface area contributed by atoms with Crippen LogP contribution in [0.25, 0.3) is 0 Å². The maximum Gasteiger partial charge on any atom is 0.228 e. The number of hydrogen-bond donors (Lipinski definition) is 0. The summed E-state index contributed by atoms with van der Waals surface area (Å²) in [5.74, 6) is 1.69. The summed E-state index contributed by atoms with van der Waals surface area (Å²) in [5, 5.41) is 0. The summed E-state index contributed by atoms with van der Waals surface area (Å²) < 4.78 is 32.6. The molecular weight excluding hydrogens is 424 g/mol. The van der Waals surface area contributed by atoms with Crippen molar-refractivity contribution in [1.82, 2.24) is 14.3 Å². The van der Waals surface area contributed by atoms with Crippen molar-refractivity contribution < 1.29 is 13.2 Å². The van der Waals surface area contributed by atoms with Crippen molar-refractivity contribution in [2.24, 2.45) is 0 Å². The van der Waals surface area contributed by atoms with E-state index in [4.69, 9.17) is 14.7 Å². The molecule has 0 N–H and O–H groups in total. The van der Waals surface area contributed by atoms with E-state index in [9.17, 15) is 8.42 Å². The SMILES string of the molecule is CCS(=O)(=O)N1CCc2nc(N(C)Cc3ccccc3)nc(Oc3ccc(C)cc3)c2C1. The Kier molecular flexibility index (Phi) is 6.43. The molecule has 0 aliphatic carbocycles. The predicted molar refractivity (Wildman–Crippen MR) is 125 cm³/mol. The third-order valence-electron chi connectivity index (χ3n) is 5.57. The molecule has 1 aliphatic rings. The van der Waals surface area contributed by atoms with Crippen molar-refractivity contribution in [3.8, 4) is 11.6 Å². The van der Waals surface area contributed by atoms with Gasteiger partial charge < -0.3 is 9.64 Å². The summed E-state index contributed by atoms with van der Waals surface area (Å²) in [6.45, 7) is 4.95. The van der Waals surface area contributed by atoms with Gasteiger partial charge >= 0.3 is 0 Å². The van der Waals surface area contributed by atoms with Crippen LogP contribution in [-0.4, -0.2) is 42.0 Å². The molecule has 0 radical (unpaired) electrons. The van der Waals surface area contributed by atoms with E-state index in [1.165, 1.54) is 4.31 Å². The lowest BCUT2D eigenvalue weighted by Crippen LogP contribution is -2.38. The van der Waals surface area contributed by atoms with Crippen LogP contribution in [0.3, 0.4) is 0 Å². The summed E-state index contributed by atoms with van der Waals surface area (Å²) in [6.07, 6.45) is 0.521. The first-order valence-electron chi connectivity index (χ1n) is 10.7. The molecular formula is C24H28N4O3S. The number of ether oxygens (including phenoxy) is 1. The number of aryl methyl sites for hydroxylation is 1. The van der Waals surface area contributed by atoms with Gasteiger partial charge in [-0.1, -0.05) is 48.0 Å². The molecule has 32 heavy (non-hydrogen) atoms. The minimum atomic E-state index is -3.31. The van der Waals surface area contributed by atoms with Crippen LogP contribution in [0.5, 0.6) is 11.6 Å². The van der Waals surface area contributed by atoms with E-state index >= 15 is 0 Å². The molecule has 0 unspecified atom stereocenters. The Morgan fingerprint density at radius 3 is 2.47 bits per heavy atom. The normalized spacial score (nSPS) is 14.1. The molecule has 7 nitrogen and oxygen atoms in total. The van der Waals surface area contributed by atoms with Crippen LogP contribution in [0.4, 0.5) is 5.95 Å². The summed E-state index contributed by atoms with van der Waals surface area (Å²) in [7, 11) is -1.37. The van der Waals surface area contributed by atoms with Crippen LogP contribution in [0.15, 0.2) is 54.6 Å². The maximum absolute atomic E-state index is 12.5. The van der Waals surface area contributed by atoms with Crippen LogP contribution in [-0.2, 0) is 29.5 Å². The third-order valence-corrected chi connectivity index (χ3v) is 7.40. The second-order valence-corrected chi connectivity index (χ2v) is 10.3. The van der Waals surface area contributed by atoms with Crippen molar-refractivity contribution in [2.45, 2.75) is 33.4 Å². The minimum Gasteiger partial charge on any atom is -0.439 e. The fourth-order valence-corrected chi connectivity index (χ4v) is 4.73. The van der Waals surface area contributed by atoms with E-state index < -0.39 is 10.0 Å². The largest absolute Gasteiger partial charge is 0.439 e. The fourth-order valence-electron chi connectivity index (χ4n) is 3.67. The van der Waals surface area contributed by atoms with Crippen LogP contribution in [0, 0.1) is 6.92 Å². The number of hydrogen-bond acceptors (Lipinski definition) is 6. The molecule has 1 aliphatic heterocycles. The van der Waals surface area contributed by atoms with Crippen molar-refractivity contribution in [1.29, 1.82) is 0 Å². The van der Waals surface area contributed by atoms with Crippen molar-refractivity contribution in [3.05, 3.63) is 77.0 Å². The molecule has 0 saturated heterocycles. The monoisotopic (exact) mass is 452 g/mol. The lowest BCUT2D eigenvalue weighted by atomic mass is 10.1. The Morgan fingerprint density at radius 2 is 1.78 bits per heavy atom. The number of sulfonamides is 1. The van der Waals surface area contributed by atoms with Gasteiger partial charge in [-0.05, 0) is 31.5 Å². The molecule has 3 aromatic rings. The first-order chi connectivity index (χ1) is 15.4. The number of nitrogens with zero attached hydrogens (tertiary/aromatic N) is 4. The van der Waals surface area contributed by atoms with E-state index in [0.717, 1.165) is 22.4 Å². The Balaban J connectivity index is 1.70. The van der Waals surface area contributed by atoms with Gasteiger partial charge in [0.2, 0.25) is 21.9 Å². The van der Waals surface area contributed by atoms with Gasteiger partial charge in [0, 0.05) is 33.1 Å². The highest BCUT2D eigenvalue weighted by atomic mass is 32.2. The number of rotatable bonds is 7. The van der Waals surface area contributed by atoms with Gasteiger partial charge in [0.15, 0.2) is 0 Å². The molecule has 0 fully saturated rings. The maximum atomic E-state index is 12.5. The Bertz CT molecular complexity index is 1180. The first kappa shape index (κ1) is 22.2. The number of aromatic nitrogens is 2. The summed E-state index contributed by atoms with van der Waals surface area (Å²) in [5.41, 5.74) is 3.84. The third kappa shape index (κ3) is 4.92. The van der Waals surface area contributed by atoms with Gasteiger partial charge in [-0.3, -0.25) is 0 Å². The van der Waals surface area contributed by atoms with Gasteiger partial charge in [-0.15, -0.1) is 0 Å². The Hall–Kier alpha value is -2.97. The van der Waals surface area contributed by atoms with Crippen LogP contribution >= 0.6 is 0 Å². The highest BCUT2D eigenvalue weighted by Crippen LogP contribution is 2.32. The fraction of sp³-hybridized carbons (Fsp3) is 0.333. The first-order valence-corrected chi connectivity index (χ1v) is 12.3. The standard InChI is InChI=1S/C24H28N4O3S/c1-4-32(29,30)28-15-14-22-21(17-28)23(31-20-12-10-18(2)11-13-20)26-24(25-22)27(3)16-19-8-6-5-7-9-19/h5-13H,4,14-17H2,1-3H3. The molecule has 2 aromatic carbocycles. The molecule has 0 amide bonds. The number of benzene rings is 2. The molecule has 0 atom stereocenters. The van der Waals surface area contributed by atoms with Crippen molar-refractivity contribution in [3.63, 3.8) is 0 Å². The van der Waals surface area contributed by atoms with Crippen molar-refractivity contribution >= 4 is 16.0 Å². The second kappa shape index (κ2) is 9.26. The Labute approximate surface area is 189 Å². The smallest absolute Gasteiger partial charge is 0.228 e. The van der Waals surface area contributed by atoms with Crippen LogP contribution < -0.4 is 9.64 Å². The van der Waals surface area contributed by atoms with Gasteiger partial charge in [0.05, 0.1) is 17.0 Å². The van der Waals surface area contributed by atoms with E-state index in [2.05, 4.69) is 12.1 Å². The summed E-state index contributed by atoms with van der Waals surface area (Å²) in [6, 6.07) is 17.8. The molecule has 2 heterocycles. The topological polar surface area (TPSA) is 75.6 Å². The lowest BCUT2D eigenvalue weighted by Gasteiger charge is -2.29. The van der Waals surface area contributed by atoms with E-state index in [1.807, 2.05) is 61.3 Å². The minimum absolute atomic E-state index is 0.0647. The average Bonchev–Trinajstić information content (AvgIpc) is 2.80. The second-order valence-electron chi connectivity index (χ2n) is 7.99. The predicted octanol–water partition coefficient (Wildman–Crippen LogP) is 3.92. The average molecular weight is 453 g/mol. The zero-order valence-corrected chi connectivity index (χ0v) is 19.5. The number of anilines is 1. The van der Waals surface area contributed by atoms with E-state index in [1.54, 1.807) is 6.92 Å². The molecule has 0 spiro atoms. The molecule has 0 bridgehead atoms. The van der Waals surface area contributed by atoms with Gasteiger partial charge in [0.1, 0.15) is 5.75 Å². The number of fused-ring (bicyclic) bond motifs is 1. The summed E-state index contributed by atoms with van der Waals surface area (Å²) in [4.78, 5) is 11.5. The van der Waals surface area contributed by atoms with Crippen LogP contribution in [0.1, 0.15) is 29.3 Å². The molecule has 0 saturated carbocycles. The molecule has 4 rings (SSSR count). The quantitative estimate of drug-likeness (QED) is 0.541. The van der Waals surface area contributed by atoms with Gasteiger partial charge in [0.25, 0.3) is 0 Å². The zero-order chi connectivity index (χ0) is 22.7. The van der Waals surface area contributed by atoms with Gasteiger partial charge in [-0.2, -0.15) is 9.29 Å². The highest BCUT2D eigenvalue weighted by molar-refractivity contribution is 7.89. The molecule has 8 heteroatoms. The molecule has 1 aromatic heterocycles. The zero-order valence-electron chi connectivity index (χ0n) is 18.7. The Morgan fingerprint density at radius 1 is 1.06 bits per heavy atom. The van der Waals surface area contributed by atoms with E-state index in [0.29, 0.717) is 37.1 Å². The van der Waals surface area contributed by atoms with Crippen LogP contribution in [0.2, 0.25) is 0 Å². The summed E-state index contributed by atoms with van der Waals surface area (Å²) >= 11 is 0. The van der Waals surface area contributed by atoms with Crippen molar-refractivity contribution in [2.75, 3.05) is 24.2 Å².